The van der Waals surface area contributed by atoms with E-state index in [0.717, 1.165) is 18.2 Å². The second kappa shape index (κ2) is 11.0. The predicted molar refractivity (Wildman–Crippen MR) is 91.5 cm³/mol. The minimum absolute atomic E-state index is 0.147. The molecule has 5 nitrogen and oxygen atoms in total. The van der Waals surface area contributed by atoms with E-state index in [0.29, 0.717) is 12.4 Å². The van der Waals surface area contributed by atoms with Crippen LogP contribution in [0.15, 0.2) is 18.2 Å². The fourth-order valence-corrected chi connectivity index (χ4v) is 2.49. The smallest absolute Gasteiger partial charge is 0.338 e. The van der Waals surface area contributed by atoms with Crippen LogP contribution >= 0.6 is 15.9 Å². The van der Waals surface area contributed by atoms with Crippen LogP contribution < -0.4 is 4.74 Å². The predicted octanol–water partition coefficient (Wildman–Crippen LogP) is 3.98. The number of carbonyl (C=O) groups is 2. The van der Waals surface area contributed by atoms with Crippen LogP contribution in [-0.4, -0.2) is 38.1 Å². The number of benzene rings is 1. The Morgan fingerprint density at radius 1 is 0.913 bits per heavy atom. The van der Waals surface area contributed by atoms with Crippen molar-refractivity contribution in [2.24, 2.45) is 0 Å². The highest BCUT2D eigenvalue weighted by Crippen LogP contribution is 2.20. The third-order valence-electron chi connectivity index (χ3n) is 3.35. The van der Waals surface area contributed by atoms with E-state index in [2.05, 4.69) is 20.7 Å². The van der Waals surface area contributed by atoms with Crippen LogP contribution in [0, 0.1) is 0 Å². The molecule has 0 bridgehead atoms. The van der Waals surface area contributed by atoms with Crippen LogP contribution in [0.5, 0.6) is 5.75 Å². The van der Waals surface area contributed by atoms with Gasteiger partial charge in [-0.25, -0.2) is 9.59 Å². The van der Waals surface area contributed by atoms with Gasteiger partial charge >= 0.3 is 11.9 Å². The molecule has 0 N–H and O–H groups in total. The lowest BCUT2D eigenvalue weighted by Crippen LogP contribution is -2.12. The molecule has 1 rings (SSSR count). The average Bonchev–Trinajstić information content (AvgIpc) is 2.59. The van der Waals surface area contributed by atoms with Crippen molar-refractivity contribution in [3.63, 3.8) is 0 Å². The number of rotatable bonds is 10. The Bertz CT molecular complexity index is 516. The van der Waals surface area contributed by atoms with Crippen LogP contribution in [0.25, 0.3) is 0 Å². The molecule has 0 aromatic heterocycles. The molecule has 0 aliphatic heterocycles. The van der Waals surface area contributed by atoms with Crippen LogP contribution in [0.1, 0.15) is 52.8 Å². The Labute approximate surface area is 145 Å². The normalized spacial score (nSPS) is 10.2. The molecule has 0 aliphatic rings. The summed E-state index contributed by atoms with van der Waals surface area (Å²) in [5.41, 5.74) is 0.315. The van der Waals surface area contributed by atoms with Crippen molar-refractivity contribution in [1.82, 2.24) is 0 Å². The van der Waals surface area contributed by atoms with Gasteiger partial charge in [-0.05, 0) is 31.0 Å². The van der Waals surface area contributed by atoms with Crippen LogP contribution in [0.3, 0.4) is 0 Å². The molecule has 0 aliphatic carbocycles. The first-order valence-corrected chi connectivity index (χ1v) is 8.75. The van der Waals surface area contributed by atoms with Gasteiger partial charge in [0, 0.05) is 5.33 Å². The summed E-state index contributed by atoms with van der Waals surface area (Å²) in [5, 5.41) is 1.05. The van der Waals surface area contributed by atoms with E-state index < -0.39 is 11.9 Å². The highest BCUT2D eigenvalue weighted by molar-refractivity contribution is 9.09. The van der Waals surface area contributed by atoms with E-state index in [1.807, 2.05) is 0 Å². The Hall–Kier alpha value is -1.56. The number of methoxy groups -OCH3 is 2. The highest BCUT2D eigenvalue weighted by atomic mass is 79.9. The third-order valence-corrected chi connectivity index (χ3v) is 3.91. The van der Waals surface area contributed by atoms with E-state index in [-0.39, 0.29) is 11.1 Å². The van der Waals surface area contributed by atoms with Gasteiger partial charge in [-0.15, -0.1) is 0 Å². The van der Waals surface area contributed by atoms with Crippen molar-refractivity contribution in [2.45, 2.75) is 32.1 Å². The number of unbranched alkanes of at least 4 members (excludes halogenated alkanes) is 4. The van der Waals surface area contributed by atoms with E-state index in [1.54, 1.807) is 6.07 Å². The molecule has 0 fully saturated rings. The van der Waals surface area contributed by atoms with Gasteiger partial charge in [0.1, 0.15) is 5.75 Å². The number of carbonyl (C=O) groups excluding carboxylic acids is 2. The number of halogens is 1. The van der Waals surface area contributed by atoms with Gasteiger partial charge in [0.15, 0.2) is 0 Å². The minimum atomic E-state index is -0.592. The van der Waals surface area contributed by atoms with E-state index in [1.165, 1.54) is 45.6 Å². The first kappa shape index (κ1) is 19.5. The van der Waals surface area contributed by atoms with Gasteiger partial charge in [-0.2, -0.15) is 0 Å². The minimum Gasteiger partial charge on any atom is -0.494 e. The SMILES string of the molecule is COC(=O)c1ccc(OCCCCCCCBr)cc1C(=O)OC. The van der Waals surface area contributed by atoms with Crippen molar-refractivity contribution in [3.8, 4) is 5.75 Å². The molecule has 0 radical (unpaired) electrons. The Balaban J connectivity index is 2.60. The van der Waals surface area contributed by atoms with Crippen LogP contribution in [0.4, 0.5) is 0 Å². The summed E-state index contributed by atoms with van der Waals surface area (Å²) in [6, 6.07) is 4.69. The van der Waals surface area contributed by atoms with Gasteiger partial charge in [-0.1, -0.05) is 35.2 Å². The second-order valence-electron chi connectivity index (χ2n) is 5.00. The molecule has 0 saturated heterocycles. The maximum Gasteiger partial charge on any atom is 0.338 e. The molecule has 6 heteroatoms. The average molecular weight is 387 g/mol. The quantitative estimate of drug-likeness (QED) is 0.345. The van der Waals surface area contributed by atoms with Crippen molar-refractivity contribution < 1.29 is 23.8 Å². The molecule has 128 valence electrons. The topological polar surface area (TPSA) is 61.8 Å². The molecule has 0 amide bonds. The number of alkyl halides is 1. The summed E-state index contributed by atoms with van der Waals surface area (Å²) in [7, 11) is 2.53. The Kier molecular flexibility index (Phi) is 9.36. The van der Waals surface area contributed by atoms with Crippen molar-refractivity contribution in [3.05, 3.63) is 29.3 Å². The van der Waals surface area contributed by atoms with E-state index >= 15 is 0 Å². The fraction of sp³-hybridized carbons (Fsp3) is 0.529. The molecule has 1 aromatic carbocycles. The summed E-state index contributed by atoms with van der Waals surface area (Å²) in [6.45, 7) is 0.576. The summed E-state index contributed by atoms with van der Waals surface area (Å²) in [6.07, 6.45) is 5.65. The molecule has 0 heterocycles. The van der Waals surface area contributed by atoms with E-state index in [9.17, 15) is 9.59 Å². The first-order chi connectivity index (χ1) is 11.1. The monoisotopic (exact) mass is 386 g/mol. The first-order valence-electron chi connectivity index (χ1n) is 7.63. The fourth-order valence-electron chi connectivity index (χ4n) is 2.10. The largest absolute Gasteiger partial charge is 0.494 e. The summed E-state index contributed by atoms with van der Waals surface area (Å²) < 4.78 is 15.0. The summed E-state index contributed by atoms with van der Waals surface area (Å²) in [5.74, 6) is -0.632. The van der Waals surface area contributed by atoms with Crippen molar-refractivity contribution in [1.29, 1.82) is 0 Å². The standard InChI is InChI=1S/C17H23BrO5/c1-21-16(19)14-9-8-13(12-15(14)17(20)22-2)23-11-7-5-3-4-6-10-18/h8-9,12H,3-7,10-11H2,1-2H3. The molecular weight excluding hydrogens is 364 g/mol. The third kappa shape index (κ3) is 6.60. The molecule has 0 spiro atoms. The lowest BCUT2D eigenvalue weighted by molar-refractivity contribution is 0.0555. The maximum atomic E-state index is 11.8. The van der Waals surface area contributed by atoms with Crippen LogP contribution in [0.2, 0.25) is 0 Å². The lowest BCUT2D eigenvalue weighted by Gasteiger charge is -2.10. The zero-order valence-electron chi connectivity index (χ0n) is 13.6. The maximum absolute atomic E-state index is 11.8. The summed E-state index contributed by atoms with van der Waals surface area (Å²) >= 11 is 3.41. The molecule has 23 heavy (non-hydrogen) atoms. The lowest BCUT2D eigenvalue weighted by atomic mass is 10.1. The van der Waals surface area contributed by atoms with Crippen molar-refractivity contribution in [2.75, 3.05) is 26.2 Å². The molecule has 0 unspecified atom stereocenters. The Morgan fingerprint density at radius 3 is 2.17 bits per heavy atom. The number of hydrogen-bond acceptors (Lipinski definition) is 5. The highest BCUT2D eigenvalue weighted by Gasteiger charge is 2.19. The molecule has 1 aromatic rings. The number of hydrogen-bond donors (Lipinski definition) is 0. The van der Waals surface area contributed by atoms with Gasteiger partial charge in [0.2, 0.25) is 0 Å². The van der Waals surface area contributed by atoms with Gasteiger partial charge in [-0.3, -0.25) is 0 Å². The molecule has 0 saturated carbocycles. The van der Waals surface area contributed by atoms with Crippen LogP contribution in [-0.2, 0) is 9.47 Å². The zero-order valence-corrected chi connectivity index (χ0v) is 15.2. The molecular formula is C17H23BrO5. The van der Waals surface area contributed by atoms with E-state index in [4.69, 9.17) is 9.47 Å². The van der Waals surface area contributed by atoms with Crippen molar-refractivity contribution >= 4 is 27.9 Å². The zero-order chi connectivity index (χ0) is 17.1. The van der Waals surface area contributed by atoms with Gasteiger partial charge < -0.3 is 14.2 Å². The second-order valence-corrected chi connectivity index (χ2v) is 5.79. The number of esters is 2. The van der Waals surface area contributed by atoms with Gasteiger partial charge in [0.25, 0.3) is 0 Å². The Morgan fingerprint density at radius 2 is 1.52 bits per heavy atom. The van der Waals surface area contributed by atoms with Gasteiger partial charge in [0.05, 0.1) is 32.0 Å². The number of ether oxygens (including phenoxy) is 3. The summed E-state index contributed by atoms with van der Waals surface area (Å²) in [4.78, 5) is 23.5. The molecule has 0 atom stereocenters.